The van der Waals surface area contributed by atoms with E-state index in [9.17, 15) is 0 Å². The van der Waals surface area contributed by atoms with Crippen LogP contribution in [0.25, 0.3) is 17.0 Å². The molecule has 0 fully saturated rings. The number of fused-ring (bicyclic) bond motifs is 1. The highest BCUT2D eigenvalue weighted by Gasteiger charge is 2.09. The third-order valence-electron chi connectivity index (χ3n) is 3.01. The van der Waals surface area contributed by atoms with Crippen LogP contribution in [0.1, 0.15) is 13.8 Å². The van der Waals surface area contributed by atoms with E-state index in [1.54, 1.807) is 4.52 Å². The van der Waals surface area contributed by atoms with Crippen molar-refractivity contribution in [3.8, 4) is 11.3 Å². The number of benzene rings is 1. The molecule has 0 atom stereocenters. The molecule has 102 valence electrons. The molecule has 0 aliphatic rings. The van der Waals surface area contributed by atoms with Gasteiger partial charge in [0.05, 0.1) is 5.69 Å². The van der Waals surface area contributed by atoms with Crippen molar-refractivity contribution >= 4 is 11.6 Å². The standard InChI is InChI=1S/C15H17N5/c1-11(2)9-16-14-8-13(12-6-4-3-5-7-12)19-15-17-10-18-20(14)15/h3-8,10-11,16H,9H2,1-2H3. The number of rotatable bonds is 4. The molecular weight excluding hydrogens is 250 g/mol. The minimum absolute atomic E-state index is 0.557. The van der Waals surface area contributed by atoms with Crippen LogP contribution in [-0.4, -0.2) is 26.1 Å². The highest BCUT2D eigenvalue weighted by atomic mass is 15.3. The van der Waals surface area contributed by atoms with E-state index in [0.717, 1.165) is 23.6 Å². The maximum absolute atomic E-state index is 4.54. The predicted molar refractivity (Wildman–Crippen MR) is 79.5 cm³/mol. The molecule has 0 saturated carbocycles. The Hall–Kier alpha value is -2.43. The van der Waals surface area contributed by atoms with Gasteiger partial charge in [0, 0.05) is 18.2 Å². The van der Waals surface area contributed by atoms with Crippen molar-refractivity contribution in [2.24, 2.45) is 5.92 Å². The smallest absolute Gasteiger partial charge is 0.254 e. The molecule has 0 aliphatic carbocycles. The number of hydrogen-bond donors (Lipinski definition) is 1. The SMILES string of the molecule is CC(C)CNc1cc(-c2ccccc2)nc2ncnn12. The van der Waals surface area contributed by atoms with Gasteiger partial charge in [-0.3, -0.25) is 0 Å². The molecule has 2 heterocycles. The van der Waals surface area contributed by atoms with E-state index in [2.05, 4.69) is 34.2 Å². The van der Waals surface area contributed by atoms with E-state index >= 15 is 0 Å². The van der Waals surface area contributed by atoms with Gasteiger partial charge in [-0.1, -0.05) is 44.2 Å². The van der Waals surface area contributed by atoms with Gasteiger partial charge in [0.25, 0.3) is 5.78 Å². The van der Waals surface area contributed by atoms with Crippen molar-refractivity contribution < 1.29 is 0 Å². The zero-order valence-corrected chi connectivity index (χ0v) is 11.6. The number of nitrogens with one attached hydrogen (secondary N) is 1. The van der Waals surface area contributed by atoms with E-state index in [1.165, 1.54) is 6.33 Å². The van der Waals surface area contributed by atoms with Gasteiger partial charge < -0.3 is 5.32 Å². The minimum atomic E-state index is 0.557. The fourth-order valence-electron chi connectivity index (χ4n) is 2.00. The molecule has 1 aromatic carbocycles. The van der Waals surface area contributed by atoms with Gasteiger partial charge in [-0.2, -0.15) is 14.6 Å². The Balaban J connectivity index is 2.06. The molecular formula is C15H17N5. The van der Waals surface area contributed by atoms with E-state index in [-0.39, 0.29) is 0 Å². The predicted octanol–water partition coefficient (Wildman–Crippen LogP) is 2.86. The van der Waals surface area contributed by atoms with Crippen molar-refractivity contribution in [1.82, 2.24) is 19.6 Å². The maximum atomic E-state index is 4.54. The van der Waals surface area contributed by atoms with Crippen LogP contribution in [0.15, 0.2) is 42.7 Å². The average Bonchev–Trinajstić information content (AvgIpc) is 2.94. The zero-order chi connectivity index (χ0) is 13.9. The van der Waals surface area contributed by atoms with Crippen molar-refractivity contribution in [2.45, 2.75) is 13.8 Å². The first-order valence-electron chi connectivity index (χ1n) is 6.74. The normalized spacial score (nSPS) is 11.2. The summed E-state index contributed by atoms with van der Waals surface area (Å²) < 4.78 is 1.73. The molecule has 0 unspecified atom stereocenters. The Morgan fingerprint density at radius 3 is 2.75 bits per heavy atom. The summed E-state index contributed by atoms with van der Waals surface area (Å²) in [5, 5.41) is 7.62. The monoisotopic (exact) mass is 267 g/mol. The lowest BCUT2D eigenvalue weighted by Crippen LogP contribution is -2.12. The van der Waals surface area contributed by atoms with Crippen LogP contribution in [0.3, 0.4) is 0 Å². The van der Waals surface area contributed by atoms with Gasteiger partial charge in [-0.15, -0.1) is 0 Å². The third-order valence-corrected chi connectivity index (χ3v) is 3.01. The van der Waals surface area contributed by atoms with Crippen LogP contribution in [0, 0.1) is 5.92 Å². The second-order valence-corrected chi connectivity index (χ2v) is 5.14. The summed E-state index contributed by atoms with van der Waals surface area (Å²) in [6.45, 7) is 5.23. The molecule has 2 aromatic heterocycles. The third kappa shape index (κ3) is 2.47. The first kappa shape index (κ1) is 12.6. The van der Waals surface area contributed by atoms with Gasteiger partial charge in [0.2, 0.25) is 0 Å². The molecule has 0 bridgehead atoms. The lowest BCUT2D eigenvalue weighted by molar-refractivity contribution is 0.684. The summed E-state index contributed by atoms with van der Waals surface area (Å²) in [7, 11) is 0. The molecule has 0 aliphatic heterocycles. The maximum Gasteiger partial charge on any atom is 0.254 e. The van der Waals surface area contributed by atoms with Gasteiger partial charge in [-0.25, -0.2) is 4.98 Å². The number of nitrogens with zero attached hydrogens (tertiary/aromatic N) is 4. The molecule has 3 aromatic rings. The average molecular weight is 267 g/mol. The van der Waals surface area contributed by atoms with E-state index in [0.29, 0.717) is 11.7 Å². The second kappa shape index (κ2) is 5.28. The van der Waals surface area contributed by atoms with E-state index in [1.807, 2.05) is 36.4 Å². The molecule has 5 nitrogen and oxygen atoms in total. The van der Waals surface area contributed by atoms with E-state index < -0.39 is 0 Å². The van der Waals surface area contributed by atoms with E-state index in [4.69, 9.17) is 0 Å². The van der Waals surface area contributed by atoms with Crippen LogP contribution in [-0.2, 0) is 0 Å². The molecule has 0 saturated heterocycles. The summed E-state index contributed by atoms with van der Waals surface area (Å²) in [6.07, 6.45) is 1.53. The Bertz CT molecular complexity index is 703. The minimum Gasteiger partial charge on any atom is -0.370 e. The van der Waals surface area contributed by atoms with Crippen molar-refractivity contribution in [3.63, 3.8) is 0 Å². The Morgan fingerprint density at radius 2 is 2.00 bits per heavy atom. The number of hydrogen-bond acceptors (Lipinski definition) is 4. The summed E-state index contributed by atoms with van der Waals surface area (Å²) >= 11 is 0. The molecule has 0 amide bonds. The second-order valence-electron chi connectivity index (χ2n) is 5.14. The summed E-state index contributed by atoms with van der Waals surface area (Å²) in [5.41, 5.74) is 1.97. The van der Waals surface area contributed by atoms with Crippen molar-refractivity contribution in [1.29, 1.82) is 0 Å². The first-order valence-corrected chi connectivity index (χ1v) is 6.74. The van der Waals surface area contributed by atoms with Gasteiger partial charge in [0.15, 0.2) is 0 Å². The quantitative estimate of drug-likeness (QED) is 0.789. The topological polar surface area (TPSA) is 55.1 Å². The number of anilines is 1. The largest absolute Gasteiger partial charge is 0.370 e. The van der Waals surface area contributed by atoms with Crippen LogP contribution in [0.5, 0.6) is 0 Å². The number of aromatic nitrogens is 4. The van der Waals surface area contributed by atoms with Gasteiger partial charge >= 0.3 is 0 Å². The summed E-state index contributed by atoms with van der Waals surface area (Å²) in [4.78, 5) is 8.74. The van der Waals surface area contributed by atoms with Crippen LogP contribution in [0.4, 0.5) is 5.82 Å². The Morgan fingerprint density at radius 1 is 1.20 bits per heavy atom. The lowest BCUT2D eigenvalue weighted by atomic mass is 10.1. The molecule has 0 spiro atoms. The van der Waals surface area contributed by atoms with Gasteiger partial charge in [0.1, 0.15) is 12.1 Å². The fraction of sp³-hybridized carbons (Fsp3) is 0.267. The van der Waals surface area contributed by atoms with Crippen molar-refractivity contribution in [2.75, 3.05) is 11.9 Å². The highest BCUT2D eigenvalue weighted by molar-refractivity contribution is 5.65. The fourth-order valence-corrected chi connectivity index (χ4v) is 2.00. The summed E-state index contributed by atoms with van der Waals surface area (Å²) in [6, 6.07) is 12.1. The molecule has 0 radical (unpaired) electrons. The molecule has 5 heteroatoms. The zero-order valence-electron chi connectivity index (χ0n) is 11.6. The lowest BCUT2D eigenvalue weighted by Gasteiger charge is -2.11. The highest BCUT2D eigenvalue weighted by Crippen LogP contribution is 2.21. The Labute approximate surface area is 117 Å². The summed E-state index contributed by atoms with van der Waals surface area (Å²) in [5.74, 6) is 2.08. The van der Waals surface area contributed by atoms with Crippen LogP contribution in [0.2, 0.25) is 0 Å². The first-order chi connectivity index (χ1) is 9.74. The van der Waals surface area contributed by atoms with Crippen LogP contribution >= 0.6 is 0 Å². The van der Waals surface area contributed by atoms with Crippen molar-refractivity contribution in [3.05, 3.63) is 42.7 Å². The molecule has 20 heavy (non-hydrogen) atoms. The Kier molecular flexibility index (Phi) is 3.33. The van der Waals surface area contributed by atoms with Gasteiger partial charge in [-0.05, 0) is 5.92 Å². The molecule has 1 N–H and O–H groups in total. The van der Waals surface area contributed by atoms with Crippen LogP contribution < -0.4 is 5.32 Å². The molecule has 3 rings (SSSR count).